The van der Waals surface area contributed by atoms with Crippen molar-refractivity contribution in [3.8, 4) is 0 Å². The maximum absolute atomic E-state index is 11.1. The molecular weight excluding hydrogens is 296 g/mol. The van der Waals surface area contributed by atoms with Crippen LogP contribution in [-0.4, -0.2) is 61.3 Å². The molecule has 1 aromatic carbocycles. The van der Waals surface area contributed by atoms with Crippen molar-refractivity contribution in [1.82, 2.24) is 4.90 Å². The number of hydrogen-bond donors (Lipinski definition) is 1. The fourth-order valence-electron chi connectivity index (χ4n) is 2.00. The molecule has 2 rings (SSSR count). The Morgan fingerprint density at radius 3 is 2.13 bits per heavy atom. The number of carbonyl (C=O) groups is 2. The Hall–Kier alpha value is -2.08. The SMILES string of the molecule is COC(C)(C)C.O=CN1CCN(c2ccccc2C(=O)O)CC1. The van der Waals surface area contributed by atoms with E-state index in [2.05, 4.69) is 0 Å². The van der Waals surface area contributed by atoms with Gasteiger partial charge in [0.05, 0.1) is 16.9 Å². The summed E-state index contributed by atoms with van der Waals surface area (Å²) in [4.78, 5) is 25.4. The summed E-state index contributed by atoms with van der Waals surface area (Å²) in [5.41, 5.74) is 1.08. The number of anilines is 1. The van der Waals surface area contributed by atoms with Gasteiger partial charge in [-0.15, -0.1) is 0 Å². The zero-order chi connectivity index (χ0) is 17.5. The summed E-state index contributed by atoms with van der Waals surface area (Å²) in [6.07, 6.45) is 0.834. The largest absolute Gasteiger partial charge is 0.478 e. The second-order valence-electron chi connectivity index (χ2n) is 6.27. The molecule has 0 aliphatic carbocycles. The number of carbonyl (C=O) groups excluding carboxylic acids is 1. The Morgan fingerprint density at radius 1 is 1.17 bits per heavy atom. The number of carboxylic acid groups (broad SMARTS) is 1. The smallest absolute Gasteiger partial charge is 0.337 e. The molecule has 1 N–H and O–H groups in total. The normalized spacial score (nSPS) is 14.8. The van der Waals surface area contributed by atoms with E-state index in [4.69, 9.17) is 9.84 Å². The second-order valence-corrected chi connectivity index (χ2v) is 6.27. The monoisotopic (exact) mass is 322 g/mol. The lowest BCUT2D eigenvalue weighted by Crippen LogP contribution is -2.46. The summed E-state index contributed by atoms with van der Waals surface area (Å²) < 4.78 is 4.94. The fourth-order valence-corrected chi connectivity index (χ4v) is 2.00. The molecule has 1 saturated heterocycles. The van der Waals surface area contributed by atoms with Gasteiger partial charge in [0.2, 0.25) is 6.41 Å². The number of aromatic carboxylic acids is 1. The van der Waals surface area contributed by atoms with E-state index in [9.17, 15) is 9.59 Å². The summed E-state index contributed by atoms with van der Waals surface area (Å²) in [5.74, 6) is -0.918. The van der Waals surface area contributed by atoms with Crippen molar-refractivity contribution in [2.75, 3.05) is 38.2 Å². The Labute approximate surface area is 137 Å². The molecule has 1 fully saturated rings. The molecule has 1 aliphatic heterocycles. The standard InChI is InChI=1S/C12H14N2O3.C5H12O/c15-9-13-5-7-14(8-6-13)11-4-2-1-3-10(11)12(16)17;1-5(2,3)6-4/h1-4,9H,5-8H2,(H,16,17);1-4H3. The molecule has 0 saturated carbocycles. The molecule has 0 spiro atoms. The molecule has 23 heavy (non-hydrogen) atoms. The van der Waals surface area contributed by atoms with E-state index in [-0.39, 0.29) is 5.60 Å². The van der Waals surface area contributed by atoms with Crippen LogP contribution < -0.4 is 4.90 Å². The number of hydrogen-bond acceptors (Lipinski definition) is 4. The van der Waals surface area contributed by atoms with Gasteiger partial charge in [-0.3, -0.25) is 4.79 Å². The highest BCUT2D eigenvalue weighted by atomic mass is 16.5. The van der Waals surface area contributed by atoms with E-state index in [0.29, 0.717) is 31.7 Å². The first-order valence-electron chi connectivity index (χ1n) is 7.60. The van der Waals surface area contributed by atoms with Crippen LogP contribution in [0.3, 0.4) is 0 Å². The van der Waals surface area contributed by atoms with E-state index in [1.807, 2.05) is 31.7 Å². The molecule has 0 unspecified atom stereocenters. The minimum absolute atomic E-state index is 0.0417. The number of para-hydroxylation sites is 1. The predicted molar refractivity (Wildman–Crippen MR) is 90.0 cm³/mol. The van der Waals surface area contributed by atoms with Crippen LogP contribution in [0.4, 0.5) is 5.69 Å². The van der Waals surface area contributed by atoms with Gasteiger partial charge in [-0.2, -0.15) is 0 Å². The number of methoxy groups -OCH3 is 1. The minimum Gasteiger partial charge on any atom is -0.478 e. The van der Waals surface area contributed by atoms with Crippen molar-refractivity contribution in [3.63, 3.8) is 0 Å². The van der Waals surface area contributed by atoms with Gasteiger partial charge in [0.15, 0.2) is 0 Å². The summed E-state index contributed by atoms with van der Waals surface area (Å²) >= 11 is 0. The van der Waals surface area contributed by atoms with Crippen molar-refractivity contribution in [2.45, 2.75) is 26.4 Å². The van der Waals surface area contributed by atoms with Crippen molar-refractivity contribution < 1.29 is 19.4 Å². The van der Waals surface area contributed by atoms with Crippen molar-refractivity contribution >= 4 is 18.1 Å². The topological polar surface area (TPSA) is 70.1 Å². The van der Waals surface area contributed by atoms with Crippen LogP contribution in [0.1, 0.15) is 31.1 Å². The summed E-state index contributed by atoms with van der Waals surface area (Å²) in [6, 6.07) is 6.95. The first kappa shape index (κ1) is 19.0. The quantitative estimate of drug-likeness (QED) is 0.863. The molecule has 1 heterocycles. The lowest BCUT2D eigenvalue weighted by Gasteiger charge is -2.34. The molecule has 128 valence electrons. The first-order valence-corrected chi connectivity index (χ1v) is 7.60. The van der Waals surface area contributed by atoms with Gasteiger partial charge < -0.3 is 19.6 Å². The lowest BCUT2D eigenvalue weighted by atomic mass is 10.1. The molecule has 0 radical (unpaired) electrons. The van der Waals surface area contributed by atoms with E-state index in [1.165, 1.54) is 0 Å². The Bertz CT molecular complexity index is 518. The van der Waals surface area contributed by atoms with Crippen molar-refractivity contribution in [1.29, 1.82) is 0 Å². The number of benzene rings is 1. The van der Waals surface area contributed by atoms with E-state index in [1.54, 1.807) is 30.2 Å². The average molecular weight is 322 g/mol. The highest BCUT2D eigenvalue weighted by Gasteiger charge is 2.19. The van der Waals surface area contributed by atoms with E-state index < -0.39 is 5.97 Å². The minimum atomic E-state index is -0.918. The van der Waals surface area contributed by atoms with Crippen LogP contribution in [0.2, 0.25) is 0 Å². The zero-order valence-electron chi connectivity index (χ0n) is 14.3. The number of carboxylic acids is 1. The summed E-state index contributed by atoms with van der Waals surface area (Å²) in [5, 5.41) is 9.10. The molecule has 1 amide bonds. The Morgan fingerprint density at radius 2 is 1.70 bits per heavy atom. The van der Waals surface area contributed by atoms with Gasteiger partial charge in [-0.25, -0.2) is 4.79 Å². The van der Waals surface area contributed by atoms with Gasteiger partial charge in [0.1, 0.15) is 0 Å². The molecular formula is C17H26N2O4. The first-order chi connectivity index (χ1) is 10.8. The van der Waals surface area contributed by atoms with Gasteiger partial charge in [0, 0.05) is 33.3 Å². The number of piperazine rings is 1. The van der Waals surface area contributed by atoms with Crippen molar-refractivity contribution in [2.24, 2.45) is 0 Å². The predicted octanol–water partition coefficient (Wildman–Crippen LogP) is 2.09. The van der Waals surface area contributed by atoms with Gasteiger partial charge >= 0.3 is 5.97 Å². The van der Waals surface area contributed by atoms with Crippen LogP contribution in [0, 0.1) is 0 Å². The highest BCUT2D eigenvalue weighted by Crippen LogP contribution is 2.21. The number of amides is 1. The third kappa shape index (κ3) is 6.28. The van der Waals surface area contributed by atoms with Crippen LogP contribution in [-0.2, 0) is 9.53 Å². The molecule has 0 bridgehead atoms. The molecule has 0 atom stereocenters. The third-order valence-corrected chi connectivity index (χ3v) is 3.55. The zero-order valence-corrected chi connectivity index (χ0v) is 14.3. The average Bonchev–Trinajstić information content (AvgIpc) is 2.55. The van der Waals surface area contributed by atoms with Crippen LogP contribution in [0.5, 0.6) is 0 Å². The fraction of sp³-hybridized carbons (Fsp3) is 0.529. The van der Waals surface area contributed by atoms with Crippen LogP contribution >= 0.6 is 0 Å². The Kier molecular flexibility index (Phi) is 7.03. The van der Waals surface area contributed by atoms with Crippen molar-refractivity contribution in [3.05, 3.63) is 29.8 Å². The maximum Gasteiger partial charge on any atom is 0.337 e. The van der Waals surface area contributed by atoms with Gasteiger partial charge in [-0.05, 0) is 32.9 Å². The molecule has 6 heteroatoms. The van der Waals surface area contributed by atoms with E-state index in [0.717, 1.165) is 12.1 Å². The van der Waals surface area contributed by atoms with Crippen LogP contribution in [0.15, 0.2) is 24.3 Å². The van der Waals surface area contributed by atoms with Gasteiger partial charge in [-0.1, -0.05) is 12.1 Å². The maximum atomic E-state index is 11.1. The lowest BCUT2D eigenvalue weighted by molar-refractivity contribution is -0.118. The van der Waals surface area contributed by atoms with E-state index >= 15 is 0 Å². The molecule has 6 nitrogen and oxygen atoms in total. The molecule has 0 aromatic heterocycles. The summed E-state index contributed by atoms with van der Waals surface area (Å²) in [7, 11) is 1.71. The molecule has 1 aliphatic rings. The summed E-state index contributed by atoms with van der Waals surface area (Å²) in [6.45, 7) is 8.67. The highest BCUT2D eigenvalue weighted by molar-refractivity contribution is 5.94. The Balaban J connectivity index is 0.000000379. The van der Waals surface area contributed by atoms with Gasteiger partial charge in [0.25, 0.3) is 0 Å². The van der Waals surface area contributed by atoms with Crippen LogP contribution in [0.25, 0.3) is 0 Å². The second kappa shape index (κ2) is 8.53. The molecule has 1 aromatic rings. The number of rotatable bonds is 3. The number of nitrogens with zero attached hydrogens (tertiary/aromatic N) is 2. The third-order valence-electron chi connectivity index (χ3n) is 3.55. The number of ether oxygens (including phenoxy) is 1.